The zero-order valence-electron chi connectivity index (χ0n) is 7.23. The summed E-state index contributed by atoms with van der Waals surface area (Å²) in [4.78, 5) is 22.0. The summed E-state index contributed by atoms with van der Waals surface area (Å²) in [6.45, 7) is 0. The first-order valence-electron chi connectivity index (χ1n) is 4.18. The Balaban J connectivity index is 2.38. The molecule has 4 nitrogen and oxygen atoms in total. The van der Waals surface area contributed by atoms with Crippen LogP contribution in [0.15, 0.2) is 24.3 Å². The van der Waals surface area contributed by atoms with Crippen LogP contribution in [0.2, 0.25) is 0 Å². The van der Waals surface area contributed by atoms with Gasteiger partial charge in [0.1, 0.15) is 11.9 Å². The van der Waals surface area contributed by atoms with Crippen LogP contribution in [0, 0.1) is 0 Å². The molecule has 14 heavy (non-hydrogen) atoms. The molecule has 72 valence electrons. The maximum absolute atomic E-state index is 11.4. The number of aliphatic carboxylic acids is 1. The van der Waals surface area contributed by atoms with E-state index in [1.54, 1.807) is 24.3 Å². The number of hydrogen-bond donors (Lipinski definition) is 0. The van der Waals surface area contributed by atoms with Crippen molar-refractivity contribution >= 4 is 11.8 Å². The third-order valence-corrected chi connectivity index (χ3v) is 2.09. The van der Waals surface area contributed by atoms with Gasteiger partial charge in [0.25, 0.3) is 0 Å². The van der Waals surface area contributed by atoms with Crippen LogP contribution < -0.4 is 9.84 Å². The van der Waals surface area contributed by atoms with E-state index in [0.29, 0.717) is 11.3 Å². The van der Waals surface area contributed by atoms with Crippen molar-refractivity contribution in [3.8, 4) is 5.75 Å². The molecule has 0 N–H and O–H groups in total. The van der Waals surface area contributed by atoms with Crippen LogP contribution in [-0.4, -0.2) is 17.9 Å². The highest BCUT2D eigenvalue weighted by molar-refractivity contribution is 6.02. The second-order valence-corrected chi connectivity index (χ2v) is 3.05. The Labute approximate surface area is 80.1 Å². The van der Waals surface area contributed by atoms with E-state index in [0.717, 1.165) is 0 Å². The van der Waals surface area contributed by atoms with Crippen molar-refractivity contribution in [2.45, 2.75) is 12.5 Å². The fraction of sp³-hybridized carbons (Fsp3) is 0.200. The zero-order valence-corrected chi connectivity index (χ0v) is 7.23. The van der Waals surface area contributed by atoms with E-state index in [1.165, 1.54) is 0 Å². The summed E-state index contributed by atoms with van der Waals surface area (Å²) in [5.41, 5.74) is 0.435. The van der Waals surface area contributed by atoms with Crippen LogP contribution in [-0.2, 0) is 4.79 Å². The molecule has 4 heteroatoms. The molecule has 0 aliphatic carbocycles. The average Bonchev–Trinajstić information content (AvgIpc) is 2.17. The molecule has 1 aliphatic rings. The van der Waals surface area contributed by atoms with Gasteiger partial charge in [-0.25, -0.2) is 0 Å². The van der Waals surface area contributed by atoms with Gasteiger partial charge in [-0.3, -0.25) is 4.79 Å². The maximum Gasteiger partial charge on any atom is 0.170 e. The molecule has 1 heterocycles. The predicted molar refractivity (Wildman–Crippen MR) is 44.8 cm³/mol. The van der Waals surface area contributed by atoms with Gasteiger partial charge in [0, 0.05) is 0 Å². The van der Waals surface area contributed by atoms with E-state index in [4.69, 9.17) is 4.74 Å². The number of ether oxygens (including phenoxy) is 1. The monoisotopic (exact) mass is 191 g/mol. The van der Waals surface area contributed by atoms with E-state index in [1.807, 2.05) is 0 Å². The first-order chi connectivity index (χ1) is 6.68. The molecule has 1 aliphatic heterocycles. The van der Waals surface area contributed by atoms with Crippen LogP contribution >= 0.6 is 0 Å². The molecule has 0 spiro atoms. The molecule has 2 rings (SSSR count). The Hall–Kier alpha value is -1.84. The summed E-state index contributed by atoms with van der Waals surface area (Å²) in [7, 11) is 0. The number of hydrogen-bond acceptors (Lipinski definition) is 4. The second kappa shape index (κ2) is 3.14. The van der Waals surface area contributed by atoms with Gasteiger partial charge in [-0.2, -0.15) is 0 Å². The molecule has 0 radical (unpaired) electrons. The molecule has 1 unspecified atom stereocenters. The molecule has 0 bridgehead atoms. The number of carboxylic acids is 1. The van der Waals surface area contributed by atoms with Crippen LogP contribution in [0.3, 0.4) is 0 Å². The Morgan fingerprint density at radius 3 is 2.86 bits per heavy atom. The number of carboxylic acid groups (broad SMARTS) is 1. The standard InChI is InChI=1S/C10H8O4/c11-7-5-9(10(12)13)14-8-4-2-1-3-6(7)8/h1-4,9H,5H2,(H,12,13)/p-1. The molecule has 1 atom stereocenters. The lowest BCUT2D eigenvalue weighted by molar-refractivity contribution is -0.313. The van der Waals surface area contributed by atoms with Gasteiger partial charge in [-0.15, -0.1) is 0 Å². The number of Topliss-reactive ketones (excluding diaryl/α,β-unsaturated/α-hetero) is 1. The lowest BCUT2D eigenvalue weighted by atomic mass is 10.0. The summed E-state index contributed by atoms with van der Waals surface area (Å²) in [6.07, 6.45) is -1.31. The highest BCUT2D eigenvalue weighted by Gasteiger charge is 2.26. The SMILES string of the molecule is O=C1CC(C(=O)[O-])Oc2ccccc21. The number of benzene rings is 1. The Bertz CT molecular complexity index is 397. The molecule has 0 aromatic heterocycles. The molecule has 0 amide bonds. The average molecular weight is 191 g/mol. The van der Waals surface area contributed by atoms with E-state index < -0.39 is 12.1 Å². The van der Waals surface area contributed by atoms with Gasteiger partial charge < -0.3 is 14.6 Å². The number of rotatable bonds is 1. The fourth-order valence-corrected chi connectivity index (χ4v) is 1.40. The number of carbonyl (C=O) groups is 2. The Kier molecular flexibility index (Phi) is 1.96. The smallest absolute Gasteiger partial charge is 0.170 e. The summed E-state index contributed by atoms with van der Waals surface area (Å²) in [5.74, 6) is -1.26. The normalized spacial score (nSPS) is 19.7. The van der Waals surface area contributed by atoms with Crippen molar-refractivity contribution in [3.63, 3.8) is 0 Å². The van der Waals surface area contributed by atoms with Crippen LogP contribution in [0.1, 0.15) is 16.8 Å². The van der Waals surface area contributed by atoms with Crippen LogP contribution in [0.5, 0.6) is 5.75 Å². The van der Waals surface area contributed by atoms with Gasteiger partial charge in [-0.05, 0) is 12.1 Å². The van der Waals surface area contributed by atoms with Crippen molar-refractivity contribution in [1.29, 1.82) is 0 Å². The minimum absolute atomic E-state index is 0.153. The summed E-state index contributed by atoms with van der Waals surface area (Å²) >= 11 is 0. The zero-order chi connectivity index (χ0) is 10.1. The minimum Gasteiger partial charge on any atom is -0.546 e. The van der Waals surface area contributed by atoms with E-state index in [2.05, 4.69) is 0 Å². The molecular weight excluding hydrogens is 184 g/mol. The number of fused-ring (bicyclic) bond motifs is 1. The van der Waals surface area contributed by atoms with Crippen LogP contribution in [0.25, 0.3) is 0 Å². The lowest BCUT2D eigenvalue weighted by Crippen LogP contribution is -2.43. The Morgan fingerprint density at radius 2 is 2.14 bits per heavy atom. The fourth-order valence-electron chi connectivity index (χ4n) is 1.40. The largest absolute Gasteiger partial charge is 0.546 e. The summed E-state index contributed by atoms with van der Waals surface area (Å²) in [6, 6.07) is 6.58. The lowest BCUT2D eigenvalue weighted by Gasteiger charge is -2.25. The molecule has 0 saturated carbocycles. The first-order valence-corrected chi connectivity index (χ1v) is 4.18. The molecule has 0 saturated heterocycles. The molecule has 1 aromatic rings. The maximum atomic E-state index is 11.4. The first kappa shape index (κ1) is 8.74. The third-order valence-electron chi connectivity index (χ3n) is 2.09. The van der Waals surface area contributed by atoms with E-state index >= 15 is 0 Å². The van der Waals surface area contributed by atoms with Crippen molar-refractivity contribution in [2.75, 3.05) is 0 Å². The van der Waals surface area contributed by atoms with Gasteiger partial charge >= 0.3 is 0 Å². The predicted octanol–water partition coefficient (Wildman–Crippen LogP) is -0.230. The third kappa shape index (κ3) is 1.35. The van der Waals surface area contributed by atoms with Gasteiger partial charge in [0.2, 0.25) is 0 Å². The highest BCUT2D eigenvalue weighted by atomic mass is 16.5. The highest BCUT2D eigenvalue weighted by Crippen LogP contribution is 2.26. The van der Waals surface area contributed by atoms with E-state index in [-0.39, 0.29) is 12.2 Å². The van der Waals surface area contributed by atoms with Crippen LogP contribution in [0.4, 0.5) is 0 Å². The van der Waals surface area contributed by atoms with Crippen molar-refractivity contribution in [1.82, 2.24) is 0 Å². The molecule has 1 aromatic carbocycles. The number of para-hydroxylation sites is 1. The summed E-state index contributed by atoms with van der Waals surface area (Å²) in [5, 5.41) is 10.5. The molecule has 0 fully saturated rings. The topological polar surface area (TPSA) is 66.4 Å². The second-order valence-electron chi connectivity index (χ2n) is 3.05. The molecular formula is C10H7O4-. The van der Waals surface area contributed by atoms with Crippen molar-refractivity contribution < 1.29 is 19.4 Å². The number of carbonyl (C=O) groups excluding carboxylic acids is 2. The van der Waals surface area contributed by atoms with Gasteiger partial charge in [0.05, 0.1) is 18.0 Å². The van der Waals surface area contributed by atoms with Crippen molar-refractivity contribution in [3.05, 3.63) is 29.8 Å². The Morgan fingerprint density at radius 1 is 1.43 bits per heavy atom. The minimum atomic E-state index is -1.35. The quantitative estimate of drug-likeness (QED) is 0.615. The van der Waals surface area contributed by atoms with Crippen molar-refractivity contribution in [2.24, 2.45) is 0 Å². The van der Waals surface area contributed by atoms with Gasteiger partial charge in [-0.1, -0.05) is 12.1 Å². The van der Waals surface area contributed by atoms with Gasteiger partial charge in [0.15, 0.2) is 5.78 Å². The van der Waals surface area contributed by atoms with E-state index in [9.17, 15) is 14.7 Å². The summed E-state index contributed by atoms with van der Waals surface area (Å²) < 4.78 is 5.08. The number of ketones is 1.